The molecule has 116 valence electrons. The Kier molecular flexibility index (Phi) is 4.45. The number of methoxy groups -OCH3 is 1. The van der Waals surface area contributed by atoms with Gasteiger partial charge in [-0.1, -0.05) is 6.07 Å². The van der Waals surface area contributed by atoms with Crippen LogP contribution in [-0.2, 0) is 20.7 Å². The molecule has 0 amide bonds. The van der Waals surface area contributed by atoms with Crippen LogP contribution in [0.3, 0.4) is 0 Å². The van der Waals surface area contributed by atoms with E-state index in [9.17, 15) is 9.59 Å². The predicted octanol–water partition coefficient (Wildman–Crippen LogP) is 2.91. The van der Waals surface area contributed by atoms with E-state index in [2.05, 4.69) is 9.72 Å². The van der Waals surface area contributed by atoms with Gasteiger partial charge in [-0.2, -0.15) is 0 Å². The lowest BCUT2D eigenvalue weighted by Crippen LogP contribution is -2.24. The van der Waals surface area contributed by atoms with E-state index in [0.29, 0.717) is 5.56 Å². The number of carbonyl (C=O) groups excluding carboxylic acids is 2. The Morgan fingerprint density at radius 1 is 1.18 bits per heavy atom. The van der Waals surface area contributed by atoms with Gasteiger partial charge in [-0.25, -0.2) is 4.79 Å². The maximum Gasteiger partial charge on any atom is 0.339 e. The van der Waals surface area contributed by atoms with Gasteiger partial charge in [0.25, 0.3) is 0 Å². The first-order chi connectivity index (χ1) is 10.3. The summed E-state index contributed by atoms with van der Waals surface area (Å²) >= 11 is 0. The summed E-state index contributed by atoms with van der Waals surface area (Å²) in [6.07, 6.45) is 1.65. The summed E-state index contributed by atoms with van der Waals surface area (Å²) in [6, 6.07) is 7.18. The van der Waals surface area contributed by atoms with E-state index in [4.69, 9.17) is 4.74 Å². The third-order valence-corrected chi connectivity index (χ3v) is 2.94. The third-order valence-electron chi connectivity index (χ3n) is 2.94. The Bertz CT molecular complexity index is 716. The van der Waals surface area contributed by atoms with Crippen molar-refractivity contribution in [3.8, 4) is 0 Å². The fourth-order valence-corrected chi connectivity index (χ4v) is 2.06. The first-order valence-corrected chi connectivity index (χ1v) is 6.97. The van der Waals surface area contributed by atoms with Gasteiger partial charge in [-0.15, -0.1) is 0 Å². The molecular formula is C17H19NO4. The lowest BCUT2D eigenvalue weighted by Gasteiger charge is -2.19. The van der Waals surface area contributed by atoms with Crippen molar-refractivity contribution in [3.63, 3.8) is 0 Å². The van der Waals surface area contributed by atoms with E-state index >= 15 is 0 Å². The quantitative estimate of drug-likeness (QED) is 0.816. The molecule has 0 atom stereocenters. The molecule has 22 heavy (non-hydrogen) atoms. The number of aromatic nitrogens is 1. The van der Waals surface area contributed by atoms with Crippen LogP contribution in [0.2, 0.25) is 0 Å². The first-order valence-electron chi connectivity index (χ1n) is 6.97. The van der Waals surface area contributed by atoms with Crippen molar-refractivity contribution in [1.29, 1.82) is 0 Å². The van der Waals surface area contributed by atoms with Crippen molar-refractivity contribution >= 4 is 22.8 Å². The molecule has 0 fully saturated rings. The van der Waals surface area contributed by atoms with Gasteiger partial charge in [-0.3, -0.25) is 9.78 Å². The maximum absolute atomic E-state index is 11.9. The van der Waals surface area contributed by atoms with Gasteiger partial charge in [0, 0.05) is 11.6 Å². The van der Waals surface area contributed by atoms with Crippen LogP contribution in [0.25, 0.3) is 10.9 Å². The summed E-state index contributed by atoms with van der Waals surface area (Å²) in [4.78, 5) is 27.6. The molecule has 5 heteroatoms. The van der Waals surface area contributed by atoms with Crippen LogP contribution in [0.15, 0.2) is 30.5 Å². The van der Waals surface area contributed by atoms with E-state index in [0.717, 1.165) is 16.5 Å². The minimum atomic E-state index is -0.506. The van der Waals surface area contributed by atoms with Gasteiger partial charge in [0.15, 0.2) is 0 Å². The number of pyridine rings is 1. The second-order valence-electron chi connectivity index (χ2n) is 6.01. The molecule has 0 aliphatic rings. The molecule has 1 heterocycles. The predicted molar refractivity (Wildman–Crippen MR) is 82.6 cm³/mol. The highest BCUT2D eigenvalue weighted by molar-refractivity contribution is 5.93. The van der Waals surface area contributed by atoms with Gasteiger partial charge in [0.1, 0.15) is 5.60 Å². The zero-order valence-electron chi connectivity index (χ0n) is 13.2. The van der Waals surface area contributed by atoms with Crippen molar-refractivity contribution < 1.29 is 19.1 Å². The molecule has 0 saturated heterocycles. The second kappa shape index (κ2) is 6.13. The number of hydrogen-bond acceptors (Lipinski definition) is 5. The number of hydrogen-bond donors (Lipinski definition) is 0. The average Bonchev–Trinajstić information content (AvgIpc) is 2.43. The molecule has 0 N–H and O–H groups in total. The second-order valence-corrected chi connectivity index (χ2v) is 6.01. The SMILES string of the molecule is COC(=O)c1cnc2ccc(CC(=O)OC(C)(C)C)cc2c1. The van der Waals surface area contributed by atoms with E-state index < -0.39 is 11.6 Å². The fourth-order valence-electron chi connectivity index (χ4n) is 2.06. The van der Waals surface area contributed by atoms with Crippen molar-refractivity contribution in [2.45, 2.75) is 32.8 Å². The highest BCUT2D eigenvalue weighted by atomic mass is 16.6. The summed E-state index contributed by atoms with van der Waals surface area (Å²) in [7, 11) is 1.32. The molecule has 5 nitrogen and oxygen atoms in total. The molecule has 0 aliphatic heterocycles. The normalized spacial score (nSPS) is 11.3. The topological polar surface area (TPSA) is 65.5 Å². The molecule has 0 aliphatic carbocycles. The van der Waals surface area contributed by atoms with Crippen LogP contribution in [0.1, 0.15) is 36.7 Å². The third kappa shape index (κ3) is 4.04. The summed E-state index contributed by atoms with van der Waals surface area (Å²) in [5, 5.41) is 0.781. The standard InChI is InChI=1S/C17H19NO4/c1-17(2,3)22-15(19)8-11-5-6-14-12(7-11)9-13(10-18-14)16(20)21-4/h5-7,9-10H,8H2,1-4H3. The molecule has 0 radical (unpaired) electrons. The molecule has 1 aromatic carbocycles. The highest BCUT2D eigenvalue weighted by Gasteiger charge is 2.16. The Labute approximate surface area is 129 Å². The molecule has 2 aromatic rings. The van der Waals surface area contributed by atoms with Crippen molar-refractivity contribution in [3.05, 3.63) is 41.6 Å². The molecule has 0 spiro atoms. The number of rotatable bonds is 3. The largest absolute Gasteiger partial charge is 0.465 e. The van der Waals surface area contributed by atoms with Crippen LogP contribution in [-0.4, -0.2) is 29.6 Å². The summed E-state index contributed by atoms with van der Waals surface area (Å²) in [6.45, 7) is 5.49. The highest BCUT2D eigenvalue weighted by Crippen LogP contribution is 2.17. The summed E-state index contributed by atoms with van der Waals surface area (Å²) in [5.74, 6) is -0.726. The molecule has 1 aromatic heterocycles. The smallest absolute Gasteiger partial charge is 0.339 e. The zero-order chi connectivity index (χ0) is 16.3. The molecule has 0 saturated carbocycles. The minimum Gasteiger partial charge on any atom is -0.465 e. The van der Waals surface area contributed by atoms with Crippen LogP contribution in [0.4, 0.5) is 0 Å². The van der Waals surface area contributed by atoms with Crippen LogP contribution in [0.5, 0.6) is 0 Å². The molecular weight excluding hydrogens is 282 g/mol. The van der Waals surface area contributed by atoms with E-state index in [1.54, 1.807) is 6.07 Å². The first kappa shape index (κ1) is 15.9. The molecule has 0 bridgehead atoms. The van der Waals surface area contributed by atoms with Gasteiger partial charge in [0.05, 0.1) is 24.6 Å². The van der Waals surface area contributed by atoms with Crippen molar-refractivity contribution in [2.75, 3.05) is 7.11 Å². The van der Waals surface area contributed by atoms with Crippen LogP contribution in [0, 0.1) is 0 Å². The fraction of sp³-hybridized carbons (Fsp3) is 0.353. The van der Waals surface area contributed by atoms with Gasteiger partial charge in [0.2, 0.25) is 0 Å². The van der Waals surface area contributed by atoms with Gasteiger partial charge < -0.3 is 9.47 Å². The zero-order valence-corrected chi connectivity index (χ0v) is 13.2. The molecule has 0 unspecified atom stereocenters. The Hall–Kier alpha value is -2.43. The summed E-state index contributed by atoms with van der Waals surface area (Å²) in [5.41, 5.74) is 1.43. The summed E-state index contributed by atoms with van der Waals surface area (Å²) < 4.78 is 9.99. The lowest BCUT2D eigenvalue weighted by atomic mass is 10.1. The Morgan fingerprint density at radius 2 is 1.91 bits per heavy atom. The van der Waals surface area contributed by atoms with Gasteiger partial charge >= 0.3 is 11.9 Å². The maximum atomic E-state index is 11.9. The van der Waals surface area contributed by atoms with Crippen LogP contribution >= 0.6 is 0 Å². The number of ether oxygens (including phenoxy) is 2. The Morgan fingerprint density at radius 3 is 2.55 bits per heavy atom. The lowest BCUT2D eigenvalue weighted by molar-refractivity contribution is -0.153. The van der Waals surface area contributed by atoms with Crippen molar-refractivity contribution in [1.82, 2.24) is 4.98 Å². The minimum absolute atomic E-state index is 0.176. The number of esters is 2. The monoisotopic (exact) mass is 301 g/mol. The number of carbonyl (C=O) groups is 2. The van der Waals surface area contributed by atoms with E-state index in [-0.39, 0.29) is 12.4 Å². The average molecular weight is 301 g/mol. The number of nitrogens with zero attached hydrogens (tertiary/aromatic N) is 1. The van der Waals surface area contributed by atoms with E-state index in [1.165, 1.54) is 13.3 Å². The number of benzene rings is 1. The van der Waals surface area contributed by atoms with Gasteiger partial charge in [-0.05, 0) is 44.5 Å². The Balaban J connectivity index is 2.25. The molecule has 2 rings (SSSR count). The van der Waals surface area contributed by atoms with Crippen molar-refractivity contribution in [2.24, 2.45) is 0 Å². The van der Waals surface area contributed by atoms with Crippen LogP contribution < -0.4 is 0 Å². The van der Waals surface area contributed by atoms with E-state index in [1.807, 2.05) is 39.0 Å². The number of fused-ring (bicyclic) bond motifs is 1.